The number of terminal acetylenes is 1. The molecule has 0 aliphatic carbocycles. The molecule has 0 aliphatic rings. The van der Waals surface area contributed by atoms with Gasteiger partial charge in [-0.3, -0.25) is 14.5 Å². The van der Waals surface area contributed by atoms with Crippen LogP contribution < -0.4 is 10.6 Å². The summed E-state index contributed by atoms with van der Waals surface area (Å²) in [6, 6.07) is 7.51. The van der Waals surface area contributed by atoms with E-state index in [1.54, 1.807) is 45.0 Å². The molecular weight excluding hydrogens is 450 g/mol. The standard InChI is InChI=1S/C26H37N3O4S/c1-8-11-16-27-23(30)22(20-14-12-13-19(9-2)18-20)29(10-3)24(31)21(15-17-34-7)28-25(32)33-26(4,5)6/h3,9,12-14,18,21-22H,2,8,11,15-17H2,1,4-7H3,(H,27,30)(H,28,32). The Balaban J connectivity index is 3.34. The summed E-state index contributed by atoms with van der Waals surface area (Å²) in [4.78, 5) is 40.3. The minimum atomic E-state index is -1.06. The summed E-state index contributed by atoms with van der Waals surface area (Å²) in [5, 5.41) is 5.51. The van der Waals surface area contributed by atoms with Gasteiger partial charge < -0.3 is 15.4 Å². The Morgan fingerprint density at radius 2 is 2.03 bits per heavy atom. The highest BCUT2D eigenvalue weighted by Gasteiger charge is 2.35. The van der Waals surface area contributed by atoms with E-state index < -0.39 is 29.7 Å². The first kappa shape index (κ1) is 29.1. The highest BCUT2D eigenvalue weighted by atomic mass is 32.2. The lowest BCUT2D eigenvalue weighted by Crippen LogP contribution is -2.51. The zero-order valence-electron chi connectivity index (χ0n) is 20.8. The van der Waals surface area contributed by atoms with Crippen molar-refractivity contribution in [3.05, 3.63) is 42.0 Å². The van der Waals surface area contributed by atoms with Gasteiger partial charge in [-0.05, 0) is 62.8 Å². The van der Waals surface area contributed by atoms with Gasteiger partial charge in [-0.1, -0.05) is 50.6 Å². The number of nitrogens with one attached hydrogen (secondary N) is 2. The number of rotatable bonds is 12. The third kappa shape index (κ3) is 9.52. The second-order valence-corrected chi connectivity index (χ2v) is 9.72. The van der Waals surface area contributed by atoms with E-state index in [0.29, 0.717) is 24.3 Å². The fourth-order valence-electron chi connectivity index (χ4n) is 3.13. The van der Waals surface area contributed by atoms with Crippen LogP contribution in [0.3, 0.4) is 0 Å². The third-order valence-electron chi connectivity index (χ3n) is 4.77. The quantitative estimate of drug-likeness (QED) is 0.260. The monoisotopic (exact) mass is 487 g/mol. The number of alkyl carbamates (subject to hydrolysis) is 1. The molecule has 0 saturated carbocycles. The summed E-state index contributed by atoms with van der Waals surface area (Å²) in [6.45, 7) is 11.5. The second-order valence-electron chi connectivity index (χ2n) is 8.74. The van der Waals surface area contributed by atoms with E-state index in [9.17, 15) is 14.4 Å². The highest BCUT2D eigenvalue weighted by molar-refractivity contribution is 7.98. The maximum absolute atomic E-state index is 13.6. The molecular formula is C26H37N3O4S. The Hall–Kier alpha value is -2.92. The first-order valence-electron chi connectivity index (χ1n) is 11.4. The number of carbonyl (C=O) groups is 3. The van der Waals surface area contributed by atoms with Crippen LogP contribution >= 0.6 is 11.8 Å². The number of amides is 3. The predicted octanol–water partition coefficient (Wildman–Crippen LogP) is 4.35. The van der Waals surface area contributed by atoms with Gasteiger partial charge in [0.2, 0.25) is 5.91 Å². The summed E-state index contributed by atoms with van der Waals surface area (Å²) >= 11 is 1.53. The van der Waals surface area contributed by atoms with E-state index in [-0.39, 0.29) is 5.91 Å². The Kier molecular flexibility index (Phi) is 12.3. The molecule has 0 heterocycles. The zero-order valence-corrected chi connectivity index (χ0v) is 21.7. The lowest BCUT2D eigenvalue weighted by molar-refractivity contribution is -0.138. The maximum Gasteiger partial charge on any atom is 0.408 e. The minimum absolute atomic E-state index is 0.328. The van der Waals surface area contributed by atoms with E-state index in [4.69, 9.17) is 11.2 Å². The van der Waals surface area contributed by atoms with Crippen LogP contribution in [0.15, 0.2) is 30.8 Å². The van der Waals surface area contributed by atoms with Gasteiger partial charge in [-0.2, -0.15) is 11.8 Å². The molecule has 0 fully saturated rings. The van der Waals surface area contributed by atoms with Gasteiger partial charge in [-0.15, -0.1) is 0 Å². The van der Waals surface area contributed by atoms with Gasteiger partial charge in [0.15, 0.2) is 0 Å². The molecule has 0 radical (unpaired) electrons. The number of ether oxygens (including phenoxy) is 1. The molecule has 186 valence electrons. The van der Waals surface area contributed by atoms with Crippen molar-refractivity contribution in [2.45, 2.75) is 64.6 Å². The molecule has 0 spiro atoms. The van der Waals surface area contributed by atoms with Crippen LogP contribution in [0, 0.1) is 12.5 Å². The van der Waals surface area contributed by atoms with Crippen molar-refractivity contribution >= 4 is 35.7 Å². The predicted molar refractivity (Wildman–Crippen MR) is 139 cm³/mol. The van der Waals surface area contributed by atoms with Crippen molar-refractivity contribution in [2.24, 2.45) is 0 Å². The van der Waals surface area contributed by atoms with Gasteiger partial charge in [0.1, 0.15) is 17.7 Å². The highest BCUT2D eigenvalue weighted by Crippen LogP contribution is 2.24. The minimum Gasteiger partial charge on any atom is -0.444 e. The average Bonchev–Trinajstić information content (AvgIpc) is 2.78. The summed E-state index contributed by atoms with van der Waals surface area (Å²) in [5.74, 6) is -0.340. The number of benzene rings is 1. The number of carbonyl (C=O) groups excluding carboxylic acids is 3. The molecule has 7 nitrogen and oxygen atoms in total. The van der Waals surface area contributed by atoms with Crippen molar-refractivity contribution in [3.8, 4) is 12.5 Å². The number of thioether (sulfide) groups is 1. The lowest BCUT2D eigenvalue weighted by Gasteiger charge is -2.30. The van der Waals surface area contributed by atoms with Crippen LogP contribution in [0.4, 0.5) is 4.79 Å². The van der Waals surface area contributed by atoms with Gasteiger partial charge in [0.05, 0.1) is 0 Å². The molecule has 1 aromatic carbocycles. The Morgan fingerprint density at radius 3 is 2.59 bits per heavy atom. The van der Waals surface area contributed by atoms with Crippen molar-refractivity contribution in [2.75, 3.05) is 18.6 Å². The molecule has 0 bridgehead atoms. The molecule has 8 heteroatoms. The first-order valence-corrected chi connectivity index (χ1v) is 12.7. The lowest BCUT2D eigenvalue weighted by atomic mass is 10.0. The molecule has 1 rings (SSSR count). The fourth-order valence-corrected chi connectivity index (χ4v) is 3.61. The van der Waals surface area contributed by atoms with E-state index in [1.807, 2.05) is 19.2 Å². The number of unbranched alkanes of at least 4 members (excludes halogenated alkanes) is 1. The van der Waals surface area contributed by atoms with Crippen LogP contribution in [0.2, 0.25) is 0 Å². The largest absolute Gasteiger partial charge is 0.444 e. The summed E-state index contributed by atoms with van der Waals surface area (Å²) in [6.07, 6.45) is 10.6. The Morgan fingerprint density at radius 1 is 1.32 bits per heavy atom. The van der Waals surface area contributed by atoms with E-state index >= 15 is 0 Å². The normalized spacial score (nSPS) is 12.6. The Labute approximate surface area is 208 Å². The molecule has 2 N–H and O–H groups in total. The molecule has 1 aromatic rings. The number of hydrogen-bond donors (Lipinski definition) is 2. The molecule has 2 unspecified atom stereocenters. The third-order valence-corrected chi connectivity index (χ3v) is 5.42. The molecule has 0 aromatic heterocycles. The van der Waals surface area contributed by atoms with Crippen molar-refractivity contribution in [3.63, 3.8) is 0 Å². The first-order chi connectivity index (χ1) is 16.1. The second kappa shape index (κ2) is 14.4. The van der Waals surface area contributed by atoms with Crippen LogP contribution in [0.25, 0.3) is 6.08 Å². The van der Waals surface area contributed by atoms with Crippen LogP contribution in [-0.2, 0) is 14.3 Å². The molecule has 34 heavy (non-hydrogen) atoms. The van der Waals surface area contributed by atoms with Gasteiger partial charge in [-0.25, -0.2) is 4.79 Å². The topological polar surface area (TPSA) is 87.7 Å². The maximum atomic E-state index is 13.6. The summed E-state index contributed by atoms with van der Waals surface area (Å²) < 4.78 is 5.33. The van der Waals surface area contributed by atoms with E-state index in [0.717, 1.165) is 23.3 Å². The Bertz CT molecular complexity index is 889. The average molecular weight is 488 g/mol. The van der Waals surface area contributed by atoms with Gasteiger partial charge >= 0.3 is 6.09 Å². The zero-order chi connectivity index (χ0) is 25.7. The van der Waals surface area contributed by atoms with Crippen LogP contribution in [0.5, 0.6) is 0 Å². The number of nitrogens with zero attached hydrogens (tertiary/aromatic N) is 1. The van der Waals surface area contributed by atoms with Crippen molar-refractivity contribution in [1.29, 1.82) is 0 Å². The molecule has 0 aliphatic heterocycles. The SMILES string of the molecule is C#CN(C(=O)C(CCSC)NC(=O)OC(C)(C)C)C(C(=O)NCCCC)c1cccc(C=C)c1. The molecule has 3 amide bonds. The van der Waals surface area contributed by atoms with Crippen molar-refractivity contribution < 1.29 is 19.1 Å². The van der Waals surface area contributed by atoms with Crippen LogP contribution in [0.1, 0.15) is 64.1 Å². The van der Waals surface area contributed by atoms with Gasteiger partial charge in [0.25, 0.3) is 5.91 Å². The van der Waals surface area contributed by atoms with E-state index in [2.05, 4.69) is 23.3 Å². The van der Waals surface area contributed by atoms with E-state index in [1.165, 1.54) is 11.8 Å². The number of hydrogen-bond acceptors (Lipinski definition) is 5. The fraction of sp³-hybridized carbons (Fsp3) is 0.500. The summed E-state index contributed by atoms with van der Waals surface area (Å²) in [7, 11) is 0. The summed E-state index contributed by atoms with van der Waals surface area (Å²) in [5.41, 5.74) is 0.619. The smallest absolute Gasteiger partial charge is 0.408 e. The molecule has 0 saturated heterocycles. The van der Waals surface area contributed by atoms with Crippen molar-refractivity contribution in [1.82, 2.24) is 15.5 Å². The molecule has 2 atom stereocenters. The van der Waals surface area contributed by atoms with Crippen LogP contribution in [-0.4, -0.2) is 53.0 Å². The van der Waals surface area contributed by atoms with Gasteiger partial charge in [0, 0.05) is 12.6 Å².